The van der Waals surface area contributed by atoms with Gasteiger partial charge in [-0.05, 0) is 30.3 Å². The van der Waals surface area contributed by atoms with Crippen LogP contribution in [0.15, 0.2) is 52.1 Å². The number of oxazole rings is 1. The van der Waals surface area contributed by atoms with Gasteiger partial charge in [0.1, 0.15) is 5.52 Å². The fraction of sp³-hybridized carbons (Fsp3) is 0.0667. The molecule has 3 aromatic rings. The smallest absolute Gasteiger partial charge is 0.257 e. The summed E-state index contributed by atoms with van der Waals surface area (Å²) in [6.07, 6.45) is 0. The van der Waals surface area contributed by atoms with Gasteiger partial charge in [0, 0.05) is 15.6 Å². The number of carbonyl (C=O) groups is 1. The lowest BCUT2D eigenvalue weighted by Crippen LogP contribution is -2.01. The van der Waals surface area contributed by atoms with Gasteiger partial charge in [0.05, 0.1) is 5.75 Å². The molecule has 21 heavy (non-hydrogen) atoms. The summed E-state index contributed by atoms with van der Waals surface area (Å²) in [5.74, 6) is 0.212. The highest BCUT2D eigenvalue weighted by molar-refractivity contribution is 7.99. The lowest BCUT2D eigenvalue weighted by molar-refractivity contribution is 0.102. The minimum absolute atomic E-state index is 0.0252. The van der Waals surface area contributed by atoms with E-state index < -0.39 is 0 Å². The summed E-state index contributed by atoms with van der Waals surface area (Å²) in [6, 6.07) is 12.1. The quantitative estimate of drug-likeness (QED) is 0.490. The molecule has 2 aromatic carbocycles. The SMILES string of the molecule is O=C(CSc1nc2cc(Cl)ccc2o1)c1cccc(Cl)c1. The van der Waals surface area contributed by atoms with Crippen LogP contribution in [0, 0.1) is 0 Å². The molecule has 0 unspecified atom stereocenters. The van der Waals surface area contributed by atoms with Crippen molar-refractivity contribution < 1.29 is 9.21 Å². The van der Waals surface area contributed by atoms with E-state index in [1.165, 1.54) is 11.8 Å². The van der Waals surface area contributed by atoms with Crippen LogP contribution in [0.2, 0.25) is 10.0 Å². The van der Waals surface area contributed by atoms with E-state index in [9.17, 15) is 4.79 Å². The summed E-state index contributed by atoms with van der Waals surface area (Å²) in [7, 11) is 0. The van der Waals surface area contributed by atoms with Crippen molar-refractivity contribution in [3.63, 3.8) is 0 Å². The van der Waals surface area contributed by atoms with Gasteiger partial charge in [-0.2, -0.15) is 0 Å². The van der Waals surface area contributed by atoms with Gasteiger partial charge in [-0.3, -0.25) is 4.79 Å². The Labute approximate surface area is 135 Å². The summed E-state index contributed by atoms with van der Waals surface area (Å²) in [5.41, 5.74) is 1.91. The number of halogens is 2. The molecule has 0 radical (unpaired) electrons. The third-order valence-electron chi connectivity index (χ3n) is 2.80. The first kappa shape index (κ1) is 14.4. The van der Waals surface area contributed by atoms with Crippen LogP contribution in [0.5, 0.6) is 0 Å². The van der Waals surface area contributed by atoms with E-state index in [-0.39, 0.29) is 11.5 Å². The fourth-order valence-corrected chi connectivity index (χ4v) is 2.90. The van der Waals surface area contributed by atoms with Crippen molar-refractivity contribution in [3.05, 3.63) is 58.1 Å². The van der Waals surface area contributed by atoms with Gasteiger partial charge in [0.25, 0.3) is 5.22 Å². The van der Waals surface area contributed by atoms with Crippen LogP contribution in [0.1, 0.15) is 10.4 Å². The molecule has 0 saturated carbocycles. The van der Waals surface area contributed by atoms with E-state index in [4.69, 9.17) is 27.6 Å². The zero-order valence-corrected chi connectivity index (χ0v) is 13.0. The molecule has 0 aliphatic heterocycles. The third-order valence-corrected chi connectivity index (χ3v) is 4.10. The van der Waals surface area contributed by atoms with Gasteiger partial charge in [-0.1, -0.05) is 47.1 Å². The van der Waals surface area contributed by atoms with E-state index in [0.29, 0.717) is 31.9 Å². The molecular weight excluding hydrogens is 329 g/mol. The number of ketones is 1. The Balaban J connectivity index is 1.72. The van der Waals surface area contributed by atoms with Crippen LogP contribution in [0.4, 0.5) is 0 Å². The van der Waals surface area contributed by atoms with Gasteiger partial charge >= 0.3 is 0 Å². The summed E-state index contributed by atoms with van der Waals surface area (Å²) < 4.78 is 5.55. The Bertz CT molecular complexity index is 816. The largest absolute Gasteiger partial charge is 0.431 e. The Kier molecular flexibility index (Phi) is 4.19. The molecule has 106 valence electrons. The molecule has 1 aromatic heterocycles. The number of fused-ring (bicyclic) bond motifs is 1. The Hall–Kier alpha value is -1.49. The summed E-state index contributed by atoms with van der Waals surface area (Å²) in [4.78, 5) is 16.4. The zero-order valence-electron chi connectivity index (χ0n) is 10.7. The van der Waals surface area contributed by atoms with Crippen LogP contribution in [0.3, 0.4) is 0 Å². The van der Waals surface area contributed by atoms with Crippen LogP contribution >= 0.6 is 35.0 Å². The molecule has 0 aliphatic rings. The normalized spacial score (nSPS) is 11.0. The van der Waals surface area contributed by atoms with E-state index in [0.717, 1.165) is 0 Å². The molecule has 0 atom stereocenters. The Morgan fingerprint density at radius 1 is 1.14 bits per heavy atom. The molecule has 3 nitrogen and oxygen atoms in total. The lowest BCUT2D eigenvalue weighted by Gasteiger charge is -1.99. The topological polar surface area (TPSA) is 43.1 Å². The van der Waals surface area contributed by atoms with Crippen molar-refractivity contribution in [1.29, 1.82) is 0 Å². The van der Waals surface area contributed by atoms with Crippen molar-refractivity contribution in [1.82, 2.24) is 4.98 Å². The predicted molar refractivity (Wildman–Crippen MR) is 85.5 cm³/mol. The number of rotatable bonds is 4. The number of aromatic nitrogens is 1. The second-order valence-corrected chi connectivity index (χ2v) is 6.11. The molecule has 6 heteroatoms. The predicted octanol–water partition coefficient (Wildman–Crippen LogP) is 5.11. The molecule has 0 spiro atoms. The summed E-state index contributed by atoms with van der Waals surface area (Å²) >= 11 is 13.0. The van der Waals surface area contributed by atoms with Gasteiger partial charge in [0.2, 0.25) is 0 Å². The molecule has 0 saturated heterocycles. The van der Waals surface area contributed by atoms with Crippen molar-refractivity contribution in [2.75, 3.05) is 5.75 Å². The molecule has 0 amide bonds. The molecule has 0 aliphatic carbocycles. The minimum Gasteiger partial charge on any atom is -0.431 e. The van der Waals surface area contributed by atoms with Crippen LogP contribution < -0.4 is 0 Å². The number of thioether (sulfide) groups is 1. The van der Waals surface area contributed by atoms with E-state index in [1.54, 1.807) is 42.5 Å². The van der Waals surface area contributed by atoms with Crippen molar-refractivity contribution in [3.8, 4) is 0 Å². The van der Waals surface area contributed by atoms with Crippen LogP contribution in [0.25, 0.3) is 11.1 Å². The standard InChI is InChI=1S/C15H9Cl2NO2S/c16-10-3-1-2-9(6-10)13(19)8-21-15-18-12-7-11(17)4-5-14(12)20-15/h1-7H,8H2. The van der Waals surface area contributed by atoms with Gasteiger partial charge in [-0.15, -0.1) is 0 Å². The lowest BCUT2D eigenvalue weighted by atomic mass is 10.1. The monoisotopic (exact) mass is 337 g/mol. The first-order valence-electron chi connectivity index (χ1n) is 6.09. The fourth-order valence-electron chi connectivity index (χ4n) is 1.81. The first-order chi connectivity index (χ1) is 10.1. The molecule has 0 N–H and O–H groups in total. The minimum atomic E-state index is -0.0252. The molecule has 0 bridgehead atoms. The third kappa shape index (κ3) is 3.40. The molecule has 3 rings (SSSR count). The maximum Gasteiger partial charge on any atom is 0.257 e. The second-order valence-electron chi connectivity index (χ2n) is 4.31. The number of nitrogens with zero attached hydrogens (tertiary/aromatic N) is 1. The van der Waals surface area contributed by atoms with Crippen LogP contribution in [-0.4, -0.2) is 16.5 Å². The average molecular weight is 338 g/mol. The number of hydrogen-bond donors (Lipinski definition) is 0. The number of hydrogen-bond acceptors (Lipinski definition) is 4. The van der Waals surface area contributed by atoms with Crippen molar-refractivity contribution >= 4 is 51.8 Å². The maximum absolute atomic E-state index is 12.1. The van der Waals surface area contributed by atoms with Crippen LogP contribution in [-0.2, 0) is 0 Å². The number of benzene rings is 2. The van der Waals surface area contributed by atoms with E-state index >= 15 is 0 Å². The highest BCUT2D eigenvalue weighted by Gasteiger charge is 2.11. The van der Waals surface area contributed by atoms with E-state index in [2.05, 4.69) is 4.98 Å². The average Bonchev–Trinajstić information content (AvgIpc) is 2.86. The first-order valence-corrected chi connectivity index (χ1v) is 7.83. The Morgan fingerprint density at radius 2 is 1.95 bits per heavy atom. The Morgan fingerprint density at radius 3 is 2.76 bits per heavy atom. The summed E-state index contributed by atoms with van der Waals surface area (Å²) in [6.45, 7) is 0. The van der Waals surface area contributed by atoms with Gasteiger partial charge in [-0.25, -0.2) is 4.98 Å². The van der Waals surface area contributed by atoms with E-state index in [1.807, 2.05) is 0 Å². The zero-order chi connectivity index (χ0) is 14.8. The molecular formula is C15H9Cl2NO2S. The summed E-state index contributed by atoms with van der Waals surface area (Å²) in [5, 5.41) is 1.59. The highest BCUT2D eigenvalue weighted by atomic mass is 35.5. The van der Waals surface area contributed by atoms with Gasteiger partial charge in [0.15, 0.2) is 11.4 Å². The highest BCUT2D eigenvalue weighted by Crippen LogP contribution is 2.26. The van der Waals surface area contributed by atoms with Crippen molar-refractivity contribution in [2.24, 2.45) is 0 Å². The van der Waals surface area contributed by atoms with Crippen molar-refractivity contribution in [2.45, 2.75) is 5.22 Å². The maximum atomic E-state index is 12.1. The number of carbonyl (C=O) groups excluding carboxylic acids is 1. The molecule has 0 fully saturated rings. The number of Topliss-reactive ketones (excluding diaryl/α,β-unsaturated/α-hetero) is 1. The van der Waals surface area contributed by atoms with Gasteiger partial charge < -0.3 is 4.42 Å². The molecule has 1 heterocycles. The second kappa shape index (κ2) is 6.10.